The summed E-state index contributed by atoms with van der Waals surface area (Å²) in [5.41, 5.74) is 0.598. The van der Waals surface area contributed by atoms with Gasteiger partial charge >= 0.3 is 0 Å². The Bertz CT molecular complexity index is 379. The molecule has 1 aromatic rings. The molecule has 0 spiro atoms. The molecular formula is C12H17O3P. The van der Waals surface area contributed by atoms with Crippen LogP contribution in [0, 0.1) is 0 Å². The fourth-order valence-corrected chi connectivity index (χ4v) is 2.45. The lowest BCUT2D eigenvalue weighted by atomic mass is 10.1. The minimum absolute atomic E-state index is 0.0943. The molecule has 0 N–H and O–H groups in total. The quantitative estimate of drug-likeness (QED) is 0.566. The first kappa shape index (κ1) is 13.1. The van der Waals surface area contributed by atoms with Crippen LogP contribution in [-0.4, -0.2) is 24.7 Å². The van der Waals surface area contributed by atoms with Crippen LogP contribution in [0.2, 0.25) is 0 Å². The van der Waals surface area contributed by atoms with Crippen molar-refractivity contribution in [2.75, 3.05) is 18.9 Å². The Hall–Kier alpha value is -0.920. The average Bonchev–Trinajstić information content (AvgIpc) is 2.36. The maximum Gasteiger partial charge on any atom is 0.203 e. The van der Waals surface area contributed by atoms with Crippen molar-refractivity contribution in [3.8, 4) is 0 Å². The zero-order valence-corrected chi connectivity index (χ0v) is 10.6. The molecule has 0 heterocycles. The summed E-state index contributed by atoms with van der Waals surface area (Å²) < 4.78 is 17.2. The van der Waals surface area contributed by atoms with Crippen molar-refractivity contribution in [1.29, 1.82) is 0 Å². The van der Waals surface area contributed by atoms with Crippen molar-refractivity contribution in [2.45, 2.75) is 13.8 Å². The highest BCUT2D eigenvalue weighted by Gasteiger charge is 2.19. The Balaban J connectivity index is 2.57. The van der Waals surface area contributed by atoms with Crippen molar-refractivity contribution in [2.24, 2.45) is 0 Å². The smallest absolute Gasteiger partial charge is 0.203 e. The minimum Gasteiger partial charge on any atom is -0.320 e. The molecule has 3 nitrogen and oxygen atoms in total. The Morgan fingerprint density at radius 3 is 2.25 bits per heavy atom. The molecule has 0 aliphatic rings. The van der Waals surface area contributed by atoms with E-state index in [9.17, 15) is 9.36 Å². The zero-order valence-electron chi connectivity index (χ0n) is 9.68. The van der Waals surface area contributed by atoms with Gasteiger partial charge < -0.3 is 4.52 Å². The van der Waals surface area contributed by atoms with Crippen molar-refractivity contribution >= 4 is 13.2 Å². The van der Waals surface area contributed by atoms with Gasteiger partial charge in [0.25, 0.3) is 0 Å². The molecule has 0 amide bonds. The second-order valence-electron chi connectivity index (χ2n) is 3.51. The minimum atomic E-state index is -2.58. The van der Waals surface area contributed by atoms with Gasteiger partial charge in [0.2, 0.25) is 7.37 Å². The van der Waals surface area contributed by atoms with Gasteiger partial charge in [-0.2, -0.15) is 0 Å². The Morgan fingerprint density at radius 1 is 1.19 bits per heavy atom. The third-order valence-electron chi connectivity index (χ3n) is 2.49. The second kappa shape index (κ2) is 5.97. The van der Waals surface area contributed by atoms with E-state index in [0.717, 1.165) is 0 Å². The lowest BCUT2D eigenvalue weighted by Gasteiger charge is -2.13. The maximum absolute atomic E-state index is 11.9. The zero-order chi connectivity index (χ0) is 12.0. The van der Waals surface area contributed by atoms with Gasteiger partial charge in [-0.3, -0.25) is 9.36 Å². The summed E-state index contributed by atoms with van der Waals surface area (Å²) in [6.07, 6.45) is 0.955. The Labute approximate surface area is 96.3 Å². The van der Waals surface area contributed by atoms with E-state index in [1.54, 1.807) is 24.3 Å². The molecule has 0 bridgehead atoms. The summed E-state index contributed by atoms with van der Waals surface area (Å²) in [6, 6.07) is 8.91. The standard InChI is InChI=1S/C12H17O3P/c1-3-16(14,4-2)15-10-12(13)11-8-6-5-7-9-11/h5-9H,3-4,10H2,1-2H3. The number of carbonyl (C=O) groups is 1. The van der Waals surface area contributed by atoms with Gasteiger partial charge in [0.1, 0.15) is 6.61 Å². The maximum atomic E-state index is 11.9. The van der Waals surface area contributed by atoms with Crippen LogP contribution >= 0.6 is 7.37 Å². The van der Waals surface area contributed by atoms with Gasteiger partial charge in [-0.15, -0.1) is 0 Å². The lowest BCUT2D eigenvalue weighted by molar-refractivity contribution is 0.0922. The first-order chi connectivity index (χ1) is 7.61. The molecule has 0 saturated carbocycles. The molecule has 1 rings (SSSR count). The molecule has 0 aliphatic heterocycles. The van der Waals surface area contributed by atoms with E-state index in [4.69, 9.17) is 4.52 Å². The molecule has 0 fully saturated rings. The summed E-state index contributed by atoms with van der Waals surface area (Å²) in [4.78, 5) is 11.7. The highest BCUT2D eigenvalue weighted by molar-refractivity contribution is 7.58. The number of hydrogen-bond acceptors (Lipinski definition) is 3. The predicted molar refractivity (Wildman–Crippen MR) is 65.4 cm³/mol. The molecule has 0 saturated heterocycles. The van der Waals surface area contributed by atoms with Gasteiger partial charge in [-0.25, -0.2) is 0 Å². The predicted octanol–water partition coefficient (Wildman–Crippen LogP) is 3.20. The fourth-order valence-electron chi connectivity index (χ4n) is 1.29. The summed E-state index contributed by atoms with van der Waals surface area (Å²) >= 11 is 0. The molecule has 0 aromatic heterocycles. The number of Topliss-reactive ketones (excluding diaryl/α,β-unsaturated/α-hetero) is 1. The highest BCUT2D eigenvalue weighted by atomic mass is 31.2. The van der Waals surface area contributed by atoms with E-state index >= 15 is 0 Å². The van der Waals surface area contributed by atoms with Crippen LogP contribution in [-0.2, 0) is 9.09 Å². The lowest BCUT2D eigenvalue weighted by Crippen LogP contribution is -2.09. The molecule has 0 radical (unpaired) electrons. The van der Waals surface area contributed by atoms with Crippen LogP contribution in [0.1, 0.15) is 24.2 Å². The van der Waals surface area contributed by atoms with E-state index in [2.05, 4.69) is 0 Å². The number of rotatable bonds is 6. The van der Waals surface area contributed by atoms with Crippen LogP contribution in [0.15, 0.2) is 30.3 Å². The fraction of sp³-hybridized carbons (Fsp3) is 0.417. The molecule has 0 aliphatic carbocycles. The molecule has 4 heteroatoms. The summed E-state index contributed by atoms with van der Waals surface area (Å²) in [7, 11) is -2.58. The third-order valence-corrected chi connectivity index (χ3v) is 5.02. The molecule has 0 atom stereocenters. The molecule has 88 valence electrons. The highest BCUT2D eigenvalue weighted by Crippen LogP contribution is 2.45. The van der Waals surface area contributed by atoms with E-state index in [-0.39, 0.29) is 12.4 Å². The van der Waals surface area contributed by atoms with Gasteiger partial charge in [0.05, 0.1) is 0 Å². The van der Waals surface area contributed by atoms with Crippen molar-refractivity contribution in [1.82, 2.24) is 0 Å². The van der Waals surface area contributed by atoms with Crippen LogP contribution in [0.4, 0.5) is 0 Å². The van der Waals surface area contributed by atoms with Gasteiger partial charge in [0.15, 0.2) is 5.78 Å². The topological polar surface area (TPSA) is 43.4 Å². The van der Waals surface area contributed by atoms with E-state index in [1.165, 1.54) is 0 Å². The van der Waals surface area contributed by atoms with E-state index < -0.39 is 7.37 Å². The van der Waals surface area contributed by atoms with Gasteiger partial charge in [-0.05, 0) is 0 Å². The normalized spacial score (nSPS) is 11.4. The van der Waals surface area contributed by atoms with Gasteiger partial charge in [0, 0.05) is 17.9 Å². The summed E-state index contributed by atoms with van der Waals surface area (Å²) in [6.45, 7) is 3.54. The van der Waals surface area contributed by atoms with Crippen molar-refractivity contribution < 1.29 is 13.9 Å². The van der Waals surface area contributed by atoms with Crippen LogP contribution < -0.4 is 0 Å². The monoisotopic (exact) mass is 240 g/mol. The summed E-state index contributed by atoms with van der Waals surface area (Å²) in [5.74, 6) is -0.122. The second-order valence-corrected chi connectivity index (χ2v) is 6.66. The van der Waals surface area contributed by atoms with Crippen LogP contribution in [0.5, 0.6) is 0 Å². The molecule has 0 unspecified atom stereocenters. The number of carbonyl (C=O) groups excluding carboxylic acids is 1. The largest absolute Gasteiger partial charge is 0.320 e. The van der Waals surface area contributed by atoms with Crippen LogP contribution in [0.25, 0.3) is 0 Å². The molecule has 16 heavy (non-hydrogen) atoms. The van der Waals surface area contributed by atoms with E-state index in [1.807, 2.05) is 19.9 Å². The molecular weight excluding hydrogens is 223 g/mol. The Morgan fingerprint density at radius 2 is 1.75 bits per heavy atom. The number of ketones is 1. The first-order valence-electron chi connectivity index (χ1n) is 5.42. The van der Waals surface area contributed by atoms with Gasteiger partial charge in [-0.1, -0.05) is 44.2 Å². The SMILES string of the molecule is CCP(=O)(CC)OCC(=O)c1ccccc1. The van der Waals surface area contributed by atoms with Crippen molar-refractivity contribution in [3.05, 3.63) is 35.9 Å². The third kappa shape index (κ3) is 3.58. The first-order valence-corrected chi connectivity index (χ1v) is 7.41. The number of hydrogen-bond donors (Lipinski definition) is 0. The van der Waals surface area contributed by atoms with Crippen molar-refractivity contribution in [3.63, 3.8) is 0 Å². The molecule has 1 aromatic carbocycles. The van der Waals surface area contributed by atoms with E-state index in [0.29, 0.717) is 17.9 Å². The van der Waals surface area contributed by atoms with Crippen LogP contribution in [0.3, 0.4) is 0 Å². The number of benzene rings is 1. The average molecular weight is 240 g/mol. The summed E-state index contributed by atoms with van der Waals surface area (Å²) in [5, 5.41) is 0. The Kier molecular flexibility index (Phi) is 4.91.